The molecule has 17 heavy (non-hydrogen) atoms. The highest BCUT2D eigenvalue weighted by atomic mass is 16.3. The molecule has 1 saturated carbocycles. The first-order valence-corrected chi connectivity index (χ1v) is 6.06. The molecule has 1 N–H and O–H groups in total. The first-order chi connectivity index (χ1) is 8.09. The summed E-state index contributed by atoms with van der Waals surface area (Å²) in [7, 11) is 1.84. The molecule has 0 bridgehead atoms. The zero-order valence-electron chi connectivity index (χ0n) is 10.3. The Kier molecular flexibility index (Phi) is 3.47. The second-order valence-electron chi connectivity index (χ2n) is 4.75. The van der Waals surface area contributed by atoms with E-state index in [1.807, 2.05) is 11.9 Å². The van der Waals surface area contributed by atoms with Gasteiger partial charge in [-0.1, -0.05) is 0 Å². The zero-order valence-corrected chi connectivity index (χ0v) is 10.3. The van der Waals surface area contributed by atoms with E-state index >= 15 is 0 Å². The lowest BCUT2D eigenvalue weighted by Gasteiger charge is -2.18. The Labute approximate surface area is 101 Å². The van der Waals surface area contributed by atoms with Crippen LogP contribution in [0, 0.1) is 0 Å². The molecule has 1 heterocycles. The van der Waals surface area contributed by atoms with Crippen molar-refractivity contribution in [3.8, 4) is 0 Å². The zero-order chi connectivity index (χ0) is 12.4. The molecule has 0 aliphatic heterocycles. The van der Waals surface area contributed by atoms with Crippen molar-refractivity contribution >= 4 is 5.82 Å². The molecule has 0 spiro atoms. The van der Waals surface area contributed by atoms with Crippen LogP contribution in [0.4, 0.5) is 5.82 Å². The summed E-state index contributed by atoms with van der Waals surface area (Å²) < 4.78 is 1.77. The van der Waals surface area contributed by atoms with Crippen molar-refractivity contribution in [1.82, 2.24) is 9.55 Å². The minimum Gasteiger partial charge on any atom is -0.393 e. The predicted octanol–water partition coefficient (Wildman–Crippen LogP) is 0.785. The second kappa shape index (κ2) is 4.87. The predicted molar refractivity (Wildman–Crippen MR) is 66.3 cm³/mol. The van der Waals surface area contributed by atoms with E-state index in [1.54, 1.807) is 23.9 Å². The van der Waals surface area contributed by atoms with Crippen molar-refractivity contribution in [1.29, 1.82) is 0 Å². The van der Waals surface area contributed by atoms with Gasteiger partial charge in [0.1, 0.15) is 0 Å². The second-order valence-corrected chi connectivity index (χ2v) is 4.75. The summed E-state index contributed by atoms with van der Waals surface area (Å²) in [6.07, 6.45) is 5.88. The van der Waals surface area contributed by atoms with E-state index in [1.165, 1.54) is 0 Å². The summed E-state index contributed by atoms with van der Waals surface area (Å²) in [5.41, 5.74) is -0.0249. The largest absolute Gasteiger partial charge is 0.393 e. The Bertz CT molecular complexity index is 438. The van der Waals surface area contributed by atoms with Gasteiger partial charge in [0.2, 0.25) is 0 Å². The molecule has 94 valence electrons. The maximum Gasteiger partial charge on any atom is 0.293 e. The molecular weight excluding hydrogens is 218 g/mol. The van der Waals surface area contributed by atoms with Gasteiger partial charge < -0.3 is 14.6 Å². The van der Waals surface area contributed by atoms with E-state index in [9.17, 15) is 9.90 Å². The highest BCUT2D eigenvalue weighted by molar-refractivity contribution is 5.34. The minimum atomic E-state index is -0.355. The Balaban J connectivity index is 2.14. The summed E-state index contributed by atoms with van der Waals surface area (Å²) >= 11 is 0. The standard InChI is InChI=1S/C12H19N3O2/c1-9(16)5-7-14(2)11-12(17)15(8-6-13-11)10-3-4-10/h6,8-10,16H,3-5,7H2,1-2H3. The fraction of sp³-hybridized carbons (Fsp3) is 0.667. The van der Waals surface area contributed by atoms with Crippen LogP contribution in [0.2, 0.25) is 0 Å². The number of anilines is 1. The van der Waals surface area contributed by atoms with Gasteiger partial charge in [-0.15, -0.1) is 0 Å². The first-order valence-electron chi connectivity index (χ1n) is 6.06. The van der Waals surface area contributed by atoms with Crippen molar-refractivity contribution < 1.29 is 5.11 Å². The summed E-state index contributed by atoms with van der Waals surface area (Å²) in [6, 6.07) is 0.370. The minimum absolute atomic E-state index is 0.0249. The molecule has 0 saturated heterocycles. The van der Waals surface area contributed by atoms with Crippen molar-refractivity contribution in [2.75, 3.05) is 18.5 Å². The summed E-state index contributed by atoms with van der Waals surface area (Å²) in [5.74, 6) is 0.472. The molecule has 5 heteroatoms. The van der Waals surface area contributed by atoms with Crippen LogP contribution in [0.25, 0.3) is 0 Å². The van der Waals surface area contributed by atoms with Gasteiger partial charge in [-0.2, -0.15) is 0 Å². The number of aromatic nitrogens is 2. The summed E-state index contributed by atoms with van der Waals surface area (Å²) in [5, 5.41) is 9.24. The highest BCUT2D eigenvalue weighted by Crippen LogP contribution is 2.33. The van der Waals surface area contributed by atoms with Gasteiger partial charge in [0.05, 0.1) is 6.10 Å². The van der Waals surface area contributed by atoms with Gasteiger partial charge in [0.25, 0.3) is 5.56 Å². The topological polar surface area (TPSA) is 58.4 Å². The highest BCUT2D eigenvalue weighted by Gasteiger charge is 2.25. The molecule has 0 radical (unpaired) electrons. The molecule has 0 aromatic carbocycles. The Morgan fingerprint density at radius 2 is 2.35 bits per heavy atom. The molecule has 0 amide bonds. The van der Waals surface area contributed by atoms with Crippen molar-refractivity contribution in [2.45, 2.75) is 38.3 Å². The van der Waals surface area contributed by atoms with Gasteiger partial charge in [-0.25, -0.2) is 4.98 Å². The lowest BCUT2D eigenvalue weighted by molar-refractivity contribution is 0.186. The van der Waals surface area contributed by atoms with E-state index in [2.05, 4.69) is 4.98 Å². The summed E-state index contributed by atoms with van der Waals surface area (Å²) in [4.78, 5) is 18.1. The van der Waals surface area contributed by atoms with Crippen LogP contribution in [-0.4, -0.2) is 34.4 Å². The third-order valence-corrected chi connectivity index (χ3v) is 3.03. The lowest BCUT2D eigenvalue weighted by atomic mass is 10.3. The van der Waals surface area contributed by atoms with Crippen molar-refractivity contribution in [3.63, 3.8) is 0 Å². The van der Waals surface area contributed by atoms with E-state index in [0.717, 1.165) is 12.8 Å². The molecule has 1 aromatic rings. The first kappa shape index (κ1) is 12.1. The van der Waals surface area contributed by atoms with Gasteiger partial charge in [0.15, 0.2) is 5.82 Å². The fourth-order valence-corrected chi connectivity index (χ4v) is 1.80. The number of aliphatic hydroxyl groups is 1. The molecule has 5 nitrogen and oxygen atoms in total. The number of aliphatic hydroxyl groups excluding tert-OH is 1. The molecule has 1 atom stereocenters. The van der Waals surface area contributed by atoms with Gasteiger partial charge in [0, 0.05) is 32.0 Å². The average molecular weight is 237 g/mol. The number of rotatable bonds is 5. The van der Waals surface area contributed by atoms with Crippen LogP contribution in [0.1, 0.15) is 32.2 Å². The van der Waals surface area contributed by atoms with Gasteiger partial charge >= 0.3 is 0 Å². The number of hydrogen-bond donors (Lipinski definition) is 1. The SMILES string of the molecule is CC(O)CCN(C)c1nccn(C2CC2)c1=O. The fourth-order valence-electron chi connectivity index (χ4n) is 1.80. The van der Waals surface area contributed by atoms with Crippen LogP contribution in [0.5, 0.6) is 0 Å². The monoisotopic (exact) mass is 237 g/mol. The van der Waals surface area contributed by atoms with Crippen molar-refractivity contribution in [2.24, 2.45) is 0 Å². The van der Waals surface area contributed by atoms with Gasteiger partial charge in [-0.05, 0) is 26.2 Å². The van der Waals surface area contributed by atoms with E-state index in [0.29, 0.717) is 24.8 Å². The average Bonchev–Trinajstić information content (AvgIpc) is 3.10. The quantitative estimate of drug-likeness (QED) is 0.822. The molecule has 1 aliphatic carbocycles. The molecule has 2 rings (SSSR count). The van der Waals surface area contributed by atoms with Crippen LogP contribution in [0.15, 0.2) is 17.2 Å². The van der Waals surface area contributed by atoms with E-state index in [-0.39, 0.29) is 11.7 Å². The van der Waals surface area contributed by atoms with Crippen LogP contribution >= 0.6 is 0 Å². The van der Waals surface area contributed by atoms with Gasteiger partial charge in [-0.3, -0.25) is 4.79 Å². The molecule has 1 unspecified atom stereocenters. The van der Waals surface area contributed by atoms with E-state index in [4.69, 9.17) is 0 Å². The maximum absolute atomic E-state index is 12.1. The Hall–Kier alpha value is -1.36. The van der Waals surface area contributed by atoms with E-state index < -0.39 is 0 Å². The normalized spacial score (nSPS) is 16.9. The lowest BCUT2D eigenvalue weighted by Crippen LogP contribution is -2.31. The number of nitrogens with zero attached hydrogens (tertiary/aromatic N) is 3. The Morgan fingerprint density at radius 3 is 2.94 bits per heavy atom. The Morgan fingerprint density at radius 1 is 1.65 bits per heavy atom. The third-order valence-electron chi connectivity index (χ3n) is 3.03. The molecule has 1 fully saturated rings. The van der Waals surface area contributed by atoms with Crippen LogP contribution < -0.4 is 10.5 Å². The third kappa shape index (κ3) is 2.85. The molecule has 1 aliphatic rings. The van der Waals surface area contributed by atoms with Crippen LogP contribution in [-0.2, 0) is 0 Å². The summed E-state index contributed by atoms with van der Waals surface area (Å²) in [6.45, 7) is 2.38. The van der Waals surface area contributed by atoms with Crippen molar-refractivity contribution in [3.05, 3.63) is 22.7 Å². The van der Waals surface area contributed by atoms with Crippen LogP contribution in [0.3, 0.4) is 0 Å². The maximum atomic E-state index is 12.1. The number of hydrogen-bond acceptors (Lipinski definition) is 4. The molecular formula is C12H19N3O2. The smallest absolute Gasteiger partial charge is 0.293 e. The molecule has 1 aromatic heterocycles.